The van der Waals surface area contributed by atoms with Crippen molar-refractivity contribution in [3.05, 3.63) is 30.2 Å². The molecule has 0 spiro atoms. The number of fused-ring (bicyclic) bond motifs is 1. The molecular weight excluding hydrogens is 358 g/mol. The van der Waals surface area contributed by atoms with Crippen molar-refractivity contribution in [2.24, 2.45) is 0 Å². The maximum absolute atomic E-state index is 12.7. The van der Waals surface area contributed by atoms with Gasteiger partial charge in [0.2, 0.25) is 10.0 Å². The van der Waals surface area contributed by atoms with E-state index in [4.69, 9.17) is 4.42 Å². The van der Waals surface area contributed by atoms with Gasteiger partial charge in [-0.15, -0.1) is 0 Å². The fourth-order valence-corrected chi connectivity index (χ4v) is 5.59. The van der Waals surface area contributed by atoms with Crippen LogP contribution >= 0.6 is 0 Å². The van der Waals surface area contributed by atoms with Gasteiger partial charge < -0.3 is 14.1 Å². The average Bonchev–Trinajstić information content (AvgIpc) is 3.04. The van der Waals surface area contributed by atoms with Gasteiger partial charge in [0, 0.05) is 37.9 Å². The number of nitrogens with zero attached hydrogens (tertiary/aromatic N) is 3. The molecular formula is C17H21N3O5S. The molecule has 0 radical (unpaired) electrons. The number of hydrogen-bond donors (Lipinski definition) is 0. The molecule has 0 atom stereocenters. The van der Waals surface area contributed by atoms with Crippen LogP contribution in [-0.4, -0.2) is 67.2 Å². The lowest BCUT2D eigenvalue weighted by Gasteiger charge is -2.41. The van der Waals surface area contributed by atoms with E-state index in [0.29, 0.717) is 13.1 Å². The van der Waals surface area contributed by atoms with Crippen molar-refractivity contribution in [1.29, 1.82) is 0 Å². The molecule has 0 aliphatic carbocycles. The summed E-state index contributed by atoms with van der Waals surface area (Å²) in [5, 5.41) is -0.533. The van der Waals surface area contributed by atoms with Crippen LogP contribution < -0.4 is 0 Å². The molecule has 2 saturated heterocycles. The molecule has 4 heterocycles. The van der Waals surface area contributed by atoms with Gasteiger partial charge in [0.25, 0.3) is 0 Å². The van der Waals surface area contributed by atoms with Crippen molar-refractivity contribution in [2.45, 2.75) is 24.0 Å². The normalized spacial score (nSPS) is 20.3. The van der Waals surface area contributed by atoms with E-state index in [1.54, 1.807) is 16.8 Å². The molecule has 26 heavy (non-hydrogen) atoms. The lowest BCUT2D eigenvalue weighted by molar-refractivity contribution is 0.0993. The molecule has 0 unspecified atom stereocenters. The Morgan fingerprint density at radius 3 is 2.73 bits per heavy atom. The number of hydrogen-bond acceptors (Lipinski definition) is 6. The van der Waals surface area contributed by atoms with Crippen molar-refractivity contribution in [1.82, 2.24) is 14.2 Å². The first-order valence-corrected chi connectivity index (χ1v) is 10.1. The van der Waals surface area contributed by atoms with Gasteiger partial charge in [0.1, 0.15) is 10.8 Å². The van der Waals surface area contributed by atoms with Crippen molar-refractivity contribution >= 4 is 27.2 Å². The molecule has 2 aliphatic rings. The lowest BCUT2D eigenvalue weighted by atomic mass is 9.91. The van der Waals surface area contributed by atoms with E-state index in [-0.39, 0.29) is 19.0 Å². The standard InChI is InChI=1S/C17H21N3O5S/c1-24-17(21)19-9-13(10-19)26(22,23)20-7-4-12(5-8-20)14-11-25-15-3-2-6-18-16(14)15/h2-3,6,11-13H,4-5,7-10H2,1H3. The minimum Gasteiger partial charge on any atom is -0.462 e. The Morgan fingerprint density at radius 1 is 1.31 bits per heavy atom. The van der Waals surface area contributed by atoms with E-state index < -0.39 is 21.4 Å². The number of rotatable bonds is 3. The summed E-state index contributed by atoms with van der Waals surface area (Å²) in [6.07, 6.45) is 4.47. The quantitative estimate of drug-likeness (QED) is 0.807. The number of sulfonamides is 1. The molecule has 8 nitrogen and oxygen atoms in total. The van der Waals surface area contributed by atoms with Gasteiger partial charge in [0.15, 0.2) is 5.58 Å². The Kier molecular flexibility index (Phi) is 4.36. The number of amides is 1. The van der Waals surface area contributed by atoms with Crippen LogP contribution in [0.4, 0.5) is 4.79 Å². The zero-order chi connectivity index (χ0) is 18.3. The average molecular weight is 379 g/mol. The Labute approximate surface area is 151 Å². The molecule has 2 fully saturated rings. The number of ether oxygens (including phenoxy) is 1. The first-order chi connectivity index (χ1) is 12.5. The summed E-state index contributed by atoms with van der Waals surface area (Å²) in [4.78, 5) is 17.2. The number of pyridine rings is 1. The number of carbonyl (C=O) groups is 1. The second-order valence-corrected chi connectivity index (χ2v) is 8.97. The van der Waals surface area contributed by atoms with E-state index in [2.05, 4.69) is 9.72 Å². The van der Waals surface area contributed by atoms with E-state index in [9.17, 15) is 13.2 Å². The van der Waals surface area contributed by atoms with Gasteiger partial charge in [-0.25, -0.2) is 17.5 Å². The van der Waals surface area contributed by atoms with Crippen molar-refractivity contribution in [2.75, 3.05) is 33.3 Å². The fraction of sp³-hybridized carbons (Fsp3) is 0.529. The fourth-order valence-electron chi connectivity index (χ4n) is 3.71. The van der Waals surface area contributed by atoms with E-state index >= 15 is 0 Å². The Bertz CT molecular complexity index is 911. The molecule has 4 rings (SSSR count). The third-order valence-electron chi connectivity index (χ3n) is 5.31. The summed E-state index contributed by atoms with van der Waals surface area (Å²) in [6, 6.07) is 3.72. The smallest absolute Gasteiger partial charge is 0.409 e. The summed E-state index contributed by atoms with van der Waals surface area (Å²) in [5.41, 5.74) is 2.68. The van der Waals surface area contributed by atoms with Gasteiger partial charge in [0.05, 0.1) is 13.4 Å². The largest absolute Gasteiger partial charge is 0.462 e. The highest BCUT2D eigenvalue weighted by Crippen LogP contribution is 2.35. The second-order valence-electron chi connectivity index (χ2n) is 6.76. The van der Waals surface area contributed by atoms with Crippen LogP contribution in [0.3, 0.4) is 0 Å². The van der Waals surface area contributed by atoms with Crippen LogP contribution in [0.15, 0.2) is 29.0 Å². The zero-order valence-corrected chi connectivity index (χ0v) is 15.3. The predicted molar refractivity (Wildman–Crippen MR) is 94.2 cm³/mol. The third kappa shape index (κ3) is 2.84. The molecule has 9 heteroatoms. The Morgan fingerprint density at radius 2 is 2.04 bits per heavy atom. The van der Waals surface area contributed by atoms with Crippen LogP contribution in [0.1, 0.15) is 24.3 Å². The van der Waals surface area contributed by atoms with Gasteiger partial charge in [-0.2, -0.15) is 0 Å². The Balaban J connectivity index is 1.40. The molecule has 0 N–H and O–H groups in total. The first-order valence-electron chi connectivity index (χ1n) is 8.64. The summed E-state index contributed by atoms with van der Waals surface area (Å²) in [6.45, 7) is 1.35. The highest BCUT2D eigenvalue weighted by molar-refractivity contribution is 7.89. The molecule has 0 bridgehead atoms. The number of aromatic nitrogens is 1. The molecule has 0 saturated carbocycles. The Hall–Kier alpha value is -2.13. The van der Waals surface area contributed by atoms with Crippen molar-refractivity contribution < 1.29 is 22.4 Å². The van der Waals surface area contributed by atoms with Crippen LogP contribution in [0, 0.1) is 0 Å². The van der Waals surface area contributed by atoms with Gasteiger partial charge in [-0.3, -0.25) is 4.98 Å². The number of piperidine rings is 1. The van der Waals surface area contributed by atoms with Gasteiger partial charge >= 0.3 is 6.09 Å². The van der Waals surface area contributed by atoms with Crippen LogP contribution in [-0.2, 0) is 14.8 Å². The lowest BCUT2D eigenvalue weighted by Crippen LogP contribution is -2.60. The summed E-state index contributed by atoms with van der Waals surface area (Å²) < 4.78 is 37.2. The SMILES string of the molecule is COC(=O)N1CC(S(=O)(=O)N2CCC(c3coc4cccnc34)CC2)C1. The van der Waals surface area contributed by atoms with Crippen LogP contribution in [0.2, 0.25) is 0 Å². The van der Waals surface area contributed by atoms with E-state index in [0.717, 1.165) is 29.5 Å². The molecule has 140 valence electrons. The van der Waals surface area contributed by atoms with Crippen LogP contribution in [0.5, 0.6) is 0 Å². The number of methoxy groups -OCH3 is 1. The minimum atomic E-state index is -3.39. The van der Waals surface area contributed by atoms with E-state index in [1.165, 1.54) is 12.0 Å². The second kappa shape index (κ2) is 6.55. The van der Waals surface area contributed by atoms with E-state index in [1.807, 2.05) is 12.1 Å². The molecule has 2 aliphatic heterocycles. The molecule has 2 aromatic heterocycles. The highest BCUT2D eigenvalue weighted by Gasteiger charge is 2.44. The maximum Gasteiger partial charge on any atom is 0.409 e. The summed E-state index contributed by atoms with van der Waals surface area (Å²) in [7, 11) is -2.09. The number of carbonyl (C=O) groups excluding carboxylic acids is 1. The zero-order valence-electron chi connectivity index (χ0n) is 14.5. The van der Waals surface area contributed by atoms with Crippen LogP contribution in [0.25, 0.3) is 11.1 Å². The first kappa shape index (κ1) is 17.3. The summed E-state index contributed by atoms with van der Waals surface area (Å²) >= 11 is 0. The number of furan rings is 1. The van der Waals surface area contributed by atoms with Crippen molar-refractivity contribution in [3.63, 3.8) is 0 Å². The topological polar surface area (TPSA) is 93.0 Å². The predicted octanol–water partition coefficient (Wildman–Crippen LogP) is 1.79. The maximum atomic E-state index is 12.7. The van der Waals surface area contributed by atoms with Gasteiger partial charge in [-0.1, -0.05) is 0 Å². The molecule has 1 amide bonds. The van der Waals surface area contributed by atoms with Crippen molar-refractivity contribution in [3.8, 4) is 0 Å². The number of likely N-dealkylation sites (tertiary alicyclic amines) is 1. The van der Waals surface area contributed by atoms with Gasteiger partial charge in [-0.05, 0) is 30.9 Å². The highest BCUT2D eigenvalue weighted by atomic mass is 32.2. The minimum absolute atomic E-state index is 0.200. The molecule has 2 aromatic rings. The molecule has 0 aromatic carbocycles. The third-order valence-corrected chi connectivity index (χ3v) is 7.54. The summed E-state index contributed by atoms with van der Waals surface area (Å²) in [5.74, 6) is 0.241. The monoisotopic (exact) mass is 379 g/mol.